The molecular formula is C26H36N4O6S. The third kappa shape index (κ3) is 5.22. The lowest BCUT2D eigenvalue weighted by Crippen LogP contribution is -2.41. The second-order valence-corrected chi connectivity index (χ2v) is 12.9. The van der Waals surface area contributed by atoms with Gasteiger partial charge in [-0.3, -0.25) is 18.6 Å². The quantitative estimate of drug-likeness (QED) is 0.580. The van der Waals surface area contributed by atoms with Crippen LogP contribution in [0.4, 0.5) is 4.79 Å². The third-order valence-electron chi connectivity index (χ3n) is 7.04. The molecule has 5 rings (SSSR count). The molecule has 0 spiro atoms. The summed E-state index contributed by atoms with van der Waals surface area (Å²) in [5.41, 5.74) is 1.77. The third-order valence-corrected chi connectivity index (χ3v) is 8.80. The van der Waals surface area contributed by atoms with Gasteiger partial charge in [0, 0.05) is 37.3 Å². The Morgan fingerprint density at radius 1 is 1.05 bits per heavy atom. The van der Waals surface area contributed by atoms with Crippen molar-refractivity contribution in [3.63, 3.8) is 0 Å². The zero-order valence-electron chi connectivity index (χ0n) is 21.7. The lowest BCUT2D eigenvalue weighted by atomic mass is 10.0. The number of rotatable bonds is 2. The van der Waals surface area contributed by atoms with Gasteiger partial charge in [-0.05, 0) is 46.1 Å². The molecule has 4 heterocycles. The number of aromatic nitrogens is 2. The largest absolute Gasteiger partial charge is 0.444 e. The molecule has 0 bridgehead atoms. The minimum absolute atomic E-state index is 0.0402. The van der Waals surface area contributed by atoms with Crippen LogP contribution in [0, 0.1) is 0 Å². The first-order valence-electron chi connectivity index (χ1n) is 12.9. The molecule has 0 aliphatic carbocycles. The Morgan fingerprint density at radius 3 is 2.51 bits per heavy atom. The summed E-state index contributed by atoms with van der Waals surface area (Å²) < 4.78 is 35.0. The van der Waals surface area contributed by atoms with Crippen molar-refractivity contribution in [1.29, 1.82) is 0 Å². The zero-order chi connectivity index (χ0) is 26.4. The molecule has 3 aliphatic rings. The number of likely N-dealkylation sites (tertiary alicyclic amines) is 1. The predicted octanol–water partition coefficient (Wildman–Crippen LogP) is 4.61. The Bertz CT molecular complexity index is 1180. The van der Waals surface area contributed by atoms with Crippen LogP contribution in [0.2, 0.25) is 0 Å². The maximum Gasteiger partial charge on any atom is 0.410 e. The first-order valence-corrected chi connectivity index (χ1v) is 14.6. The highest BCUT2D eigenvalue weighted by molar-refractivity contribution is 8.23. The van der Waals surface area contributed by atoms with Gasteiger partial charge in [0.2, 0.25) is 0 Å². The van der Waals surface area contributed by atoms with E-state index in [0.29, 0.717) is 61.8 Å². The van der Waals surface area contributed by atoms with Crippen molar-refractivity contribution in [3.8, 4) is 11.3 Å². The van der Waals surface area contributed by atoms with Crippen LogP contribution in [0.1, 0.15) is 62.1 Å². The molecule has 2 N–H and O–H groups in total. The van der Waals surface area contributed by atoms with Gasteiger partial charge in [-0.15, -0.1) is 0 Å². The van der Waals surface area contributed by atoms with Crippen LogP contribution in [0.25, 0.3) is 11.3 Å². The second kappa shape index (κ2) is 9.94. The molecular weight excluding hydrogens is 496 g/mol. The number of amides is 2. The van der Waals surface area contributed by atoms with Gasteiger partial charge in [-0.2, -0.15) is 15.7 Å². The molecule has 37 heavy (non-hydrogen) atoms. The van der Waals surface area contributed by atoms with Crippen molar-refractivity contribution in [1.82, 2.24) is 19.6 Å². The van der Waals surface area contributed by atoms with Gasteiger partial charge in [0.15, 0.2) is 5.69 Å². The Kier molecular flexibility index (Phi) is 6.99. The van der Waals surface area contributed by atoms with E-state index in [1.165, 1.54) is 0 Å². The van der Waals surface area contributed by atoms with Gasteiger partial charge in [-0.1, -0.05) is 18.2 Å². The fourth-order valence-electron chi connectivity index (χ4n) is 5.30. The molecule has 2 saturated heterocycles. The summed E-state index contributed by atoms with van der Waals surface area (Å²) in [6.45, 7) is 8.56. The summed E-state index contributed by atoms with van der Waals surface area (Å²) in [4.78, 5) is 30.3. The van der Waals surface area contributed by atoms with Crippen LogP contribution in [0.3, 0.4) is 0 Å². The molecule has 1 unspecified atom stereocenters. The van der Waals surface area contributed by atoms with E-state index in [1.54, 1.807) is 21.9 Å². The van der Waals surface area contributed by atoms with Crippen LogP contribution in [0.15, 0.2) is 29.2 Å². The maximum absolute atomic E-state index is 13.6. The lowest BCUT2D eigenvalue weighted by Gasteiger charge is -2.38. The van der Waals surface area contributed by atoms with Crippen molar-refractivity contribution in [2.45, 2.75) is 62.3 Å². The Morgan fingerprint density at radius 2 is 1.78 bits per heavy atom. The first-order chi connectivity index (χ1) is 17.5. The van der Waals surface area contributed by atoms with E-state index in [2.05, 4.69) is 0 Å². The molecule has 202 valence electrons. The van der Waals surface area contributed by atoms with E-state index < -0.39 is 16.2 Å². The average Bonchev–Trinajstić information content (AvgIpc) is 3.04. The summed E-state index contributed by atoms with van der Waals surface area (Å²) in [6.07, 6.45) is 1.87. The number of fused-ring (bicyclic) bond motifs is 3. The number of hydrogen-bond donors (Lipinski definition) is 2. The van der Waals surface area contributed by atoms with Gasteiger partial charge in [0.05, 0.1) is 35.6 Å². The van der Waals surface area contributed by atoms with E-state index in [9.17, 15) is 18.7 Å². The normalized spacial score (nSPS) is 22.5. The van der Waals surface area contributed by atoms with E-state index in [-0.39, 0.29) is 29.5 Å². The summed E-state index contributed by atoms with van der Waals surface area (Å²) in [6, 6.07) is 7.21. The average molecular weight is 533 g/mol. The lowest BCUT2D eigenvalue weighted by molar-refractivity contribution is 0.0255. The molecule has 0 radical (unpaired) electrons. The van der Waals surface area contributed by atoms with Crippen LogP contribution >= 0.6 is 10.6 Å². The topological polar surface area (TPSA) is 117 Å². The summed E-state index contributed by atoms with van der Waals surface area (Å²) in [7, 11) is -3.12. The monoisotopic (exact) mass is 532 g/mol. The highest BCUT2D eigenvalue weighted by Crippen LogP contribution is 2.60. The van der Waals surface area contributed by atoms with Crippen LogP contribution in [-0.2, 0) is 15.2 Å². The number of benzene rings is 1. The standard InChI is InChI=1S/C26H36N4O6S/c1-26(2,3)36-25(32)29-11-6-7-18(10-12-29)30-23-19-8-4-5-9-21(19)37(33,34)17-20(23)22(27-30)24(31)28-13-15-35-16-14-28/h4-5,8-9,18,33-34H,6-7,10-17H2,1-3H3. The van der Waals surface area contributed by atoms with Crippen LogP contribution in [-0.4, -0.2) is 85.7 Å². The number of carbonyl (C=O) groups excluding carboxylic acids is 2. The second-order valence-electron chi connectivity index (χ2n) is 10.9. The molecule has 11 heteroatoms. The van der Waals surface area contributed by atoms with Gasteiger partial charge >= 0.3 is 6.09 Å². The van der Waals surface area contributed by atoms with Crippen molar-refractivity contribution in [2.75, 3.05) is 39.4 Å². The van der Waals surface area contributed by atoms with Gasteiger partial charge in [-0.25, -0.2) is 4.79 Å². The fourth-order valence-corrected chi connectivity index (χ4v) is 6.95. The molecule has 10 nitrogen and oxygen atoms in total. The number of morpholine rings is 1. The molecule has 2 aromatic rings. The molecule has 2 amide bonds. The molecule has 0 saturated carbocycles. The van der Waals surface area contributed by atoms with Crippen molar-refractivity contribution in [3.05, 3.63) is 35.5 Å². The summed E-state index contributed by atoms with van der Waals surface area (Å²) in [5.74, 6) is -0.251. The molecule has 1 atom stereocenters. The molecule has 1 aromatic carbocycles. The fraction of sp³-hybridized carbons (Fsp3) is 0.577. The Hall–Kier alpha value is -2.60. The van der Waals surface area contributed by atoms with Crippen LogP contribution in [0.5, 0.6) is 0 Å². The van der Waals surface area contributed by atoms with E-state index >= 15 is 0 Å². The maximum atomic E-state index is 13.6. The van der Waals surface area contributed by atoms with Gasteiger partial charge < -0.3 is 19.3 Å². The summed E-state index contributed by atoms with van der Waals surface area (Å²) in [5, 5.41) is 4.87. The van der Waals surface area contributed by atoms with Crippen molar-refractivity contribution >= 4 is 22.6 Å². The number of ether oxygens (including phenoxy) is 2. The highest BCUT2D eigenvalue weighted by atomic mass is 32.3. The first kappa shape index (κ1) is 26.0. The van der Waals surface area contributed by atoms with E-state index in [4.69, 9.17) is 14.6 Å². The molecule has 1 aromatic heterocycles. The SMILES string of the molecule is CC(C)(C)OC(=O)N1CCCC(n2nc(C(=O)N3CCOCC3)c3c2-c2ccccc2S(O)(O)C3)CC1. The van der Waals surface area contributed by atoms with Crippen LogP contribution < -0.4 is 0 Å². The van der Waals surface area contributed by atoms with Crippen molar-refractivity contribution in [2.24, 2.45) is 0 Å². The van der Waals surface area contributed by atoms with E-state index in [0.717, 1.165) is 18.5 Å². The minimum atomic E-state index is -3.12. The number of hydrogen-bond acceptors (Lipinski definition) is 7. The molecule has 2 fully saturated rings. The zero-order valence-corrected chi connectivity index (χ0v) is 22.5. The predicted molar refractivity (Wildman–Crippen MR) is 140 cm³/mol. The molecule has 3 aliphatic heterocycles. The van der Waals surface area contributed by atoms with Gasteiger partial charge in [0.25, 0.3) is 5.91 Å². The summed E-state index contributed by atoms with van der Waals surface area (Å²) >= 11 is 0. The highest BCUT2D eigenvalue weighted by Gasteiger charge is 2.39. The number of nitrogens with zero attached hydrogens (tertiary/aromatic N) is 4. The Balaban J connectivity index is 1.52. The number of carbonyl (C=O) groups is 2. The van der Waals surface area contributed by atoms with Crippen molar-refractivity contribution < 1.29 is 28.2 Å². The van der Waals surface area contributed by atoms with E-state index in [1.807, 2.05) is 37.6 Å². The van der Waals surface area contributed by atoms with Gasteiger partial charge in [0.1, 0.15) is 5.60 Å². The Labute approximate surface area is 218 Å². The smallest absolute Gasteiger partial charge is 0.410 e. The minimum Gasteiger partial charge on any atom is -0.444 e.